The number of anilines is 1. The molecule has 4 rings (SSSR count). The lowest BCUT2D eigenvalue weighted by Crippen LogP contribution is -2.27. The topological polar surface area (TPSA) is 76.9 Å². The van der Waals surface area contributed by atoms with Crippen LogP contribution in [0.2, 0.25) is 5.02 Å². The molecule has 0 saturated carbocycles. The van der Waals surface area contributed by atoms with Gasteiger partial charge in [0.25, 0.3) is 5.56 Å². The van der Waals surface area contributed by atoms with E-state index < -0.39 is 0 Å². The first kappa shape index (κ1) is 15.7. The van der Waals surface area contributed by atoms with Gasteiger partial charge in [-0.25, -0.2) is 9.97 Å². The van der Waals surface area contributed by atoms with Crippen LogP contribution in [0.4, 0.5) is 5.69 Å². The van der Waals surface area contributed by atoms with Crippen LogP contribution < -0.4 is 10.9 Å². The highest BCUT2D eigenvalue weighted by atomic mass is 35.5. The van der Waals surface area contributed by atoms with E-state index in [1.54, 1.807) is 36.5 Å². The molecule has 1 aromatic carbocycles. The van der Waals surface area contributed by atoms with Crippen molar-refractivity contribution in [1.29, 1.82) is 0 Å². The number of benzene rings is 1. The molecule has 3 aromatic heterocycles. The maximum atomic E-state index is 12.7. The number of para-hydroxylation sites is 1. The molecule has 1 amide bonds. The molecule has 124 valence electrons. The fraction of sp³-hybridized carbons (Fsp3) is 0.0588. The molecule has 6 nitrogen and oxygen atoms in total. The normalized spacial score (nSPS) is 11.1. The highest BCUT2D eigenvalue weighted by Gasteiger charge is 2.14. The molecule has 0 fully saturated rings. The third-order valence-corrected chi connectivity index (χ3v) is 5.10. The van der Waals surface area contributed by atoms with Gasteiger partial charge in [0.15, 0.2) is 0 Å². The van der Waals surface area contributed by atoms with Crippen molar-refractivity contribution in [2.75, 3.05) is 5.32 Å². The number of amides is 1. The summed E-state index contributed by atoms with van der Waals surface area (Å²) in [5, 5.41) is 3.97. The molecule has 0 radical (unpaired) electrons. The van der Waals surface area contributed by atoms with Gasteiger partial charge in [0, 0.05) is 11.6 Å². The van der Waals surface area contributed by atoms with Crippen molar-refractivity contribution in [2.24, 2.45) is 0 Å². The van der Waals surface area contributed by atoms with Crippen LogP contribution >= 0.6 is 22.9 Å². The molecule has 0 aliphatic rings. The van der Waals surface area contributed by atoms with E-state index in [4.69, 9.17) is 11.6 Å². The summed E-state index contributed by atoms with van der Waals surface area (Å²) >= 11 is 7.30. The molecule has 0 bridgehead atoms. The van der Waals surface area contributed by atoms with E-state index in [9.17, 15) is 9.59 Å². The standard InChI is InChI=1S/C17H11ClN4O2S/c18-11-5-1-2-6-12(11)21-13(23)8-22-9-20-14-10-4-3-7-19-16(10)25-15(14)17(22)24/h1-7,9H,8H2,(H,21,23). The second kappa shape index (κ2) is 6.27. The summed E-state index contributed by atoms with van der Waals surface area (Å²) in [5.74, 6) is -0.351. The lowest BCUT2D eigenvalue weighted by molar-refractivity contribution is -0.116. The van der Waals surface area contributed by atoms with Crippen LogP contribution in [0.3, 0.4) is 0 Å². The predicted molar refractivity (Wildman–Crippen MR) is 99.3 cm³/mol. The van der Waals surface area contributed by atoms with Crippen molar-refractivity contribution < 1.29 is 4.79 Å². The summed E-state index contributed by atoms with van der Waals surface area (Å²) in [6, 6.07) is 10.6. The Morgan fingerprint density at radius 1 is 1.20 bits per heavy atom. The highest BCUT2D eigenvalue weighted by Crippen LogP contribution is 2.28. The number of hydrogen-bond acceptors (Lipinski definition) is 5. The molecular weight excluding hydrogens is 360 g/mol. The number of thiophene rings is 1. The summed E-state index contributed by atoms with van der Waals surface area (Å²) in [4.78, 5) is 34.2. The molecule has 8 heteroatoms. The van der Waals surface area contributed by atoms with E-state index in [0.717, 1.165) is 10.2 Å². The number of nitrogens with zero attached hydrogens (tertiary/aromatic N) is 3. The van der Waals surface area contributed by atoms with Crippen molar-refractivity contribution >= 4 is 55.0 Å². The maximum Gasteiger partial charge on any atom is 0.271 e. The Morgan fingerprint density at radius 2 is 2.04 bits per heavy atom. The van der Waals surface area contributed by atoms with Crippen LogP contribution in [0.1, 0.15) is 0 Å². The minimum Gasteiger partial charge on any atom is -0.323 e. The summed E-state index contributed by atoms with van der Waals surface area (Å²) in [5.41, 5.74) is 0.852. The highest BCUT2D eigenvalue weighted by molar-refractivity contribution is 7.25. The molecule has 0 atom stereocenters. The van der Waals surface area contributed by atoms with Gasteiger partial charge in [-0.15, -0.1) is 11.3 Å². The Balaban J connectivity index is 1.67. The van der Waals surface area contributed by atoms with Crippen LogP contribution in [0.25, 0.3) is 20.4 Å². The van der Waals surface area contributed by atoms with Gasteiger partial charge < -0.3 is 5.32 Å². The van der Waals surface area contributed by atoms with Crippen LogP contribution in [0.15, 0.2) is 53.7 Å². The van der Waals surface area contributed by atoms with Gasteiger partial charge >= 0.3 is 0 Å². The van der Waals surface area contributed by atoms with Crippen molar-refractivity contribution in [3.8, 4) is 0 Å². The van der Waals surface area contributed by atoms with E-state index in [2.05, 4.69) is 15.3 Å². The number of aromatic nitrogens is 3. The van der Waals surface area contributed by atoms with Crippen molar-refractivity contribution in [1.82, 2.24) is 14.5 Å². The maximum absolute atomic E-state index is 12.7. The molecule has 3 heterocycles. The monoisotopic (exact) mass is 370 g/mol. The Kier molecular flexibility index (Phi) is 3.95. The lowest BCUT2D eigenvalue weighted by Gasteiger charge is -2.08. The van der Waals surface area contributed by atoms with Crippen molar-refractivity contribution in [3.63, 3.8) is 0 Å². The van der Waals surface area contributed by atoms with Gasteiger partial charge in [0.05, 0.1) is 22.6 Å². The Bertz CT molecular complexity index is 1170. The van der Waals surface area contributed by atoms with Crippen LogP contribution in [0.5, 0.6) is 0 Å². The number of carbonyl (C=O) groups excluding carboxylic acids is 1. The number of fused-ring (bicyclic) bond motifs is 3. The van der Waals surface area contributed by atoms with Gasteiger partial charge in [-0.1, -0.05) is 23.7 Å². The second-order valence-electron chi connectivity index (χ2n) is 5.34. The minimum absolute atomic E-state index is 0.144. The summed E-state index contributed by atoms with van der Waals surface area (Å²) in [7, 11) is 0. The van der Waals surface area contributed by atoms with E-state index in [1.807, 2.05) is 6.07 Å². The summed E-state index contributed by atoms with van der Waals surface area (Å²) in [6.45, 7) is -0.144. The average molecular weight is 371 g/mol. The molecule has 1 N–H and O–H groups in total. The third-order valence-electron chi connectivity index (χ3n) is 3.68. The molecule has 25 heavy (non-hydrogen) atoms. The zero-order valence-electron chi connectivity index (χ0n) is 12.8. The number of pyridine rings is 1. The van der Waals surface area contributed by atoms with E-state index in [1.165, 1.54) is 22.2 Å². The fourth-order valence-electron chi connectivity index (χ4n) is 2.52. The number of halogens is 1. The predicted octanol–water partition coefficient (Wildman–Crippen LogP) is 3.30. The molecule has 0 aliphatic carbocycles. The largest absolute Gasteiger partial charge is 0.323 e. The Hall–Kier alpha value is -2.77. The smallest absolute Gasteiger partial charge is 0.271 e. The molecule has 0 aliphatic heterocycles. The van der Waals surface area contributed by atoms with Crippen LogP contribution in [-0.4, -0.2) is 20.4 Å². The first-order valence-electron chi connectivity index (χ1n) is 7.40. The number of carbonyl (C=O) groups is 1. The number of hydrogen-bond donors (Lipinski definition) is 1. The zero-order chi connectivity index (χ0) is 17.4. The van der Waals surface area contributed by atoms with Crippen LogP contribution in [0, 0.1) is 0 Å². The lowest BCUT2D eigenvalue weighted by atomic mass is 10.3. The minimum atomic E-state index is -0.351. The second-order valence-corrected chi connectivity index (χ2v) is 6.75. The quantitative estimate of drug-likeness (QED) is 0.600. The summed E-state index contributed by atoms with van der Waals surface area (Å²) < 4.78 is 1.77. The number of nitrogens with one attached hydrogen (secondary N) is 1. The number of rotatable bonds is 3. The van der Waals surface area contributed by atoms with E-state index in [-0.39, 0.29) is 18.0 Å². The summed E-state index contributed by atoms with van der Waals surface area (Å²) in [6.07, 6.45) is 3.06. The molecule has 0 unspecified atom stereocenters. The first-order chi connectivity index (χ1) is 12.1. The Labute approximate surface area is 150 Å². The van der Waals surface area contributed by atoms with Gasteiger partial charge in [0.1, 0.15) is 16.1 Å². The van der Waals surface area contributed by atoms with Gasteiger partial charge in [0.2, 0.25) is 5.91 Å². The van der Waals surface area contributed by atoms with E-state index >= 15 is 0 Å². The SMILES string of the molecule is O=C(Cn1cnc2c(sc3ncccc32)c1=O)Nc1ccccc1Cl. The van der Waals surface area contributed by atoms with Crippen molar-refractivity contribution in [2.45, 2.75) is 6.54 Å². The average Bonchev–Trinajstić information content (AvgIpc) is 2.99. The van der Waals surface area contributed by atoms with Gasteiger partial charge in [-0.3, -0.25) is 14.2 Å². The Morgan fingerprint density at radius 3 is 2.88 bits per heavy atom. The first-order valence-corrected chi connectivity index (χ1v) is 8.60. The fourth-order valence-corrected chi connectivity index (χ4v) is 3.75. The molecule has 0 spiro atoms. The molecule has 0 saturated heterocycles. The van der Waals surface area contributed by atoms with Gasteiger partial charge in [-0.2, -0.15) is 0 Å². The van der Waals surface area contributed by atoms with E-state index in [0.29, 0.717) is 20.9 Å². The van der Waals surface area contributed by atoms with Gasteiger partial charge in [-0.05, 0) is 24.3 Å². The molecular formula is C17H11ClN4O2S. The third kappa shape index (κ3) is 2.88. The zero-order valence-corrected chi connectivity index (χ0v) is 14.3. The van der Waals surface area contributed by atoms with Crippen molar-refractivity contribution in [3.05, 3.63) is 64.3 Å². The molecule has 4 aromatic rings. The van der Waals surface area contributed by atoms with Crippen LogP contribution in [-0.2, 0) is 11.3 Å².